The number of rotatable bonds is 3. The van der Waals surface area contributed by atoms with Gasteiger partial charge in [-0.15, -0.1) is 0 Å². The summed E-state index contributed by atoms with van der Waals surface area (Å²) < 4.78 is 5.03. The molecule has 1 aromatic rings. The molecule has 0 saturated carbocycles. The quantitative estimate of drug-likeness (QED) is 0.739. The van der Waals surface area contributed by atoms with Gasteiger partial charge in [-0.2, -0.15) is 0 Å². The molecule has 2 N–H and O–H groups in total. The molecule has 1 aromatic heterocycles. The van der Waals surface area contributed by atoms with Crippen LogP contribution in [0.15, 0.2) is 12.1 Å². The highest BCUT2D eigenvalue weighted by Gasteiger charge is 2.17. The zero-order valence-electron chi connectivity index (χ0n) is 8.16. The van der Waals surface area contributed by atoms with E-state index in [0.29, 0.717) is 18.3 Å². The third-order valence-corrected chi connectivity index (χ3v) is 2.29. The third kappa shape index (κ3) is 2.02. The number of ether oxygens (including phenoxy) is 1. The van der Waals surface area contributed by atoms with Crippen molar-refractivity contribution in [3.63, 3.8) is 0 Å². The Bertz CT molecular complexity index is 324. The molecule has 0 bridgehead atoms. The lowest BCUT2D eigenvalue weighted by Gasteiger charge is -2.26. The van der Waals surface area contributed by atoms with Crippen molar-refractivity contribution in [2.75, 3.05) is 13.2 Å². The molecule has 2 heterocycles. The van der Waals surface area contributed by atoms with E-state index in [9.17, 15) is 5.11 Å². The summed E-state index contributed by atoms with van der Waals surface area (Å²) >= 11 is 0. The van der Waals surface area contributed by atoms with Gasteiger partial charge in [-0.3, -0.25) is 4.98 Å². The van der Waals surface area contributed by atoms with Gasteiger partial charge in [-0.1, -0.05) is 0 Å². The Hall–Kier alpha value is -1.13. The first-order valence-corrected chi connectivity index (χ1v) is 4.72. The Labute approximate surface area is 82.9 Å². The van der Waals surface area contributed by atoms with Crippen LogP contribution in [0.3, 0.4) is 0 Å². The maximum atomic E-state index is 9.50. The first-order chi connectivity index (χ1) is 6.75. The Balaban J connectivity index is 1.96. The zero-order valence-corrected chi connectivity index (χ0v) is 8.16. The summed E-state index contributed by atoms with van der Waals surface area (Å²) in [6.07, 6.45) is 0. The first-order valence-electron chi connectivity index (χ1n) is 4.72. The second-order valence-corrected chi connectivity index (χ2v) is 3.53. The molecule has 0 radical (unpaired) electrons. The predicted molar refractivity (Wildman–Crippen MR) is 52.1 cm³/mol. The number of pyridine rings is 1. The minimum atomic E-state index is 0.253. The summed E-state index contributed by atoms with van der Waals surface area (Å²) in [5.41, 5.74) is 1.63. The number of aryl methyl sites for hydroxylation is 1. The lowest BCUT2D eigenvalue weighted by molar-refractivity contribution is -0.00598. The van der Waals surface area contributed by atoms with Gasteiger partial charge in [0.25, 0.3) is 0 Å². The minimum Gasteiger partial charge on any atom is -0.506 e. The predicted octanol–water partition coefficient (Wildman–Crippen LogP) is 0.584. The van der Waals surface area contributed by atoms with Crippen LogP contribution in [-0.4, -0.2) is 29.3 Å². The highest BCUT2D eigenvalue weighted by atomic mass is 16.5. The number of hydrogen-bond acceptors (Lipinski definition) is 4. The van der Waals surface area contributed by atoms with Gasteiger partial charge in [0.05, 0.1) is 24.9 Å². The van der Waals surface area contributed by atoms with E-state index >= 15 is 0 Å². The fraction of sp³-hybridized carbons (Fsp3) is 0.500. The van der Waals surface area contributed by atoms with Gasteiger partial charge >= 0.3 is 0 Å². The van der Waals surface area contributed by atoms with E-state index in [4.69, 9.17) is 4.74 Å². The molecule has 0 aliphatic carbocycles. The summed E-state index contributed by atoms with van der Waals surface area (Å²) in [5, 5.41) is 12.8. The van der Waals surface area contributed by atoms with Gasteiger partial charge in [0.15, 0.2) is 0 Å². The second kappa shape index (κ2) is 3.94. The summed E-state index contributed by atoms with van der Waals surface area (Å²) in [4.78, 5) is 4.25. The average Bonchev–Trinajstić information content (AvgIpc) is 2.08. The summed E-state index contributed by atoms with van der Waals surface area (Å²) in [5.74, 6) is 0.253. The molecule has 1 saturated heterocycles. The van der Waals surface area contributed by atoms with Crippen LogP contribution in [0.2, 0.25) is 0 Å². The van der Waals surface area contributed by atoms with E-state index in [1.165, 1.54) is 0 Å². The number of nitrogens with one attached hydrogen (secondary N) is 1. The van der Waals surface area contributed by atoms with Crippen molar-refractivity contribution < 1.29 is 9.84 Å². The van der Waals surface area contributed by atoms with Crippen LogP contribution in [-0.2, 0) is 11.3 Å². The molecule has 76 valence electrons. The largest absolute Gasteiger partial charge is 0.506 e. The maximum Gasteiger partial charge on any atom is 0.138 e. The molecule has 0 amide bonds. The minimum absolute atomic E-state index is 0.253. The van der Waals surface area contributed by atoms with Crippen molar-refractivity contribution in [1.82, 2.24) is 10.3 Å². The molecule has 0 atom stereocenters. The van der Waals surface area contributed by atoms with Crippen molar-refractivity contribution in [3.05, 3.63) is 23.5 Å². The van der Waals surface area contributed by atoms with Crippen LogP contribution in [0.1, 0.15) is 11.4 Å². The molecule has 1 aliphatic rings. The Morgan fingerprint density at radius 2 is 2.36 bits per heavy atom. The van der Waals surface area contributed by atoms with Crippen LogP contribution in [0, 0.1) is 6.92 Å². The van der Waals surface area contributed by atoms with Gasteiger partial charge < -0.3 is 15.2 Å². The van der Waals surface area contributed by atoms with Gasteiger partial charge in [-0.05, 0) is 19.1 Å². The Morgan fingerprint density at radius 1 is 1.57 bits per heavy atom. The molecule has 0 unspecified atom stereocenters. The van der Waals surface area contributed by atoms with E-state index in [0.717, 1.165) is 18.9 Å². The smallest absolute Gasteiger partial charge is 0.138 e. The van der Waals surface area contributed by atoms with Crippen molar-refractivity contribution >= 4 is 0 Å². The number of aromatic nitrogens is 1. The normalized spacial score (nSPS) is 16.6. The molecule has 4 heteroatoms. The molecule has 0 aromatic carbocycles. The van der Waals surface area contributed by atoms with Gasteiger partial charge in [0, 0.05) is 12.2 Å². The molecular formula is C10H14N2O2. The third-order valence-electron chi connectivity index (χ3n) is 2.29. The van der Waals surface area contributed by atoms with E-state index in [1.54, 1.807) is 12.1 Å². The summed E-state index contributed by atoms with van der Waals surface area (Å²) in [7, 11) is 0. The SMILES string of the molecule is Cc1ccc(O)c(CNC2COC2)n1. The molecular weight excluding hydrogens is 180 g/mol. The number of aromatic hydroxyl groups is 1. The van der Waals surface area contributed by atoms with Gasteiger partial charge in [0.2, 0.25) is 0 Å². The van der Waals surface area contributed by atoms with Gasteiger partial charge in [-0.25, -0.2) is 0 Å². The fourth-order valence-corrected chi connectivity index (χ4v) is 1.33. The van der Waals surface area contributed by atoms with E-state index in [1.807, 2.05) is 6.92 Å². The molecule has 1 aliphatic heterocycles. The van der Waals surface area contributed by atoms with Crippen molar-refractivity contribution in [2.45, 2.75) is 19.5 Å². The molecule has 0 spiro atoms. The zero-order chi connectivity index (χ0) is 9.97. The van der Waals surface area contributed by atoms with Crippen LogP contribution in [0.5, 0.6) is 5.75 Å². The summed E-state index contributed by atoms with van der Waals surface area (Å²) in [6.45, 7) is 4.02. The topological polar surface area (TPSA) is 54.4 Å². The van der Waals surface area contributed by atoms with Gasteiger partial charge in [0.1, 0.15) is 5.75 Å². The van der Waals surface area contributed by atoms with Crippen LogP contribution < -0.4 is 5.32 Å². The second-order valence-electron chi connectivity index (χ2n) is 3.53. The molecule has 14 heavy (non-hydrogen) atoms. The molecule has 1 fully saturated rings. The molecule has 4 nitrogen and oxygen atoms in total. The van der Waals surface area contributed by atoms with Crippen molar-refractivity contribution in [1.29, 1.82) is 0 Å². The highest BCUT2D eigenvalue weighted by molar-refractivity contribution is 5.27. The number of nitrogens with zero attached hydrogens (tertiary/aromatic N) is 1. The van der Waals surface area contributed by atoms with Crippen LogP contribution >= 0.6 is 0 Å². The fourth-order valence-electron chi connectivity index (χ4n) is 1.33. The van der Waals surface area contributed by atoms with Crippen LogP contribution in [0.4, 0.5) is 0 Å². The summed E-state index contributed by atoms with van der Waals surface area (Å²) in [6, 6.07) is 3.89. The van der Waals surface area contributed by atoms with Crippen LogP contribution in [0.25, 0.3) is 0 Å². The highest BCUT2D eigenvalue weighted by Crippen LogP contribution is 2.14. The van der Waals surface area contributed by atoms with Crippen molar-refractivity contribution in [3.8, 4) is 5.75 Å². The van der Waals surface area contributed by atoms with E-state index in [2.05, 4.69) is 10.3 Å². The van der Waals surface area contributed by atoms with Crippen molar-refractivity contribution in [2.24, 2.45) is 0 Å². The van der Waals surface area contributed by atoms with E-state index < -0.39 is 0 Å². The first kappa shape index (κ1) is 9.43. The van der Waals surface area contributed by atoms with E-state index in [-0.39, 0.29) is 5.75 Å². The molecule has 2 rings (SSSR count). The lowest BCUT2D eigenvalue weighted by Crippen LogP contribution is -2.45. The Morgan fingerprint density at radius 3 is 3.00 bits per heavy atom. The number of hydrogen-bond donors (Lipinski definition) is 2. The maximum absolute atomic E-state index is 9.50. The Kier molecular flexibility index (Phi) is 2.65. The average molecular weight is 194 g/mol. The lowest BCUT2D eigenvalue weighted by atomic mass is 10.2. The standard InChI is InChI=1S/C10H14N2O2/c1-7-2-3-10(13)9(12-7)4-11-8-5-14-6-8/h2-3,8,11,13H,4-6H2,1H3. The monoisotopic (exact) mass is 194 g/mol.